The van der Waals surface area contributed by atoms with E-state index < -0.39 is 0 Å². The molecule has 0 unspecified atom stereocenters. The molecule has 1 fully saturated rings. The number of nitrogens with zero attached hydrogens (tertiary/aromatic N) is 5. The smallest absolute Gasteiger partial charge is 0.229 e. The molecule has 1 aromatic heterocycles. The van der Waals surface area contributed by atoms with Gasteiger partial charge in [0.2, 0.25) is 5.95 Å². The third-order valence-corrected chi connectivity index (χ3v) is 4.58. The van der Waals surface area contributed by atoms with E-state index >= 15 is 0 Å². The Bertz CT molecular complexity index is 713. The van der Waals surface area contributed by atoms with Gasteiger partial charge in [0.15, 0.2) is 0 Å². The van der Waals surface area contributed by atoms with Crippen molar-refractivity contribution >= 4 is 23.3 Å². The molecule has 2 aromatic rings. The molecular weight excluding hydrogens is 302 g/mol. The van der Waals surface area contributed by atoms with E-state index in [0.717, 1.165) is 56.9 Å². The fourth-order valence-electron chi connectivity index (χ4n) is 3.36. The van der Waals surface area contributed by atoms with Crippen LogP contribution in [0.1, 0.15) is 5.56 Å². The predicted molar refractivity (Wildman–Crippen MR) is 96.5 cm³/mol. The van der Waals surface area contributed by atoms with Crippen LogP contribution in [0.2, 0.25) is 0 Å². The molecule has 2 aliphatic heterocycles. The van der Waals surface area contributed by atoms with Gasteiger partial charge < -0.3 is 19.4 Å². The first-order chi connectivity index (χ1) is 11.7. The number of fused-ring (bicyclic) bond motifs is 1. The molecule has 24 heavy (non-hydrogen) atoms. The van der Waals surface area contributed by atoms with Crippen molar-refractivity contribution in [2.24, 2.45) is 0 Å². The molecule has 6 heteroatoms. The lowest BCUT2D eigenvalue weighted by Crippen LogP contribution is -2.37. The van der Waals surface area contributed by atoms with Crippen LogP contribution in [0.25, 0.3) is 0 Å². The van der Waals surface area contributed by atoms with Crippen LogP contribution in [-0.4, -0.2) is 56.9 Å². The minimum atomic E-state index is 0.736. The maximum Gasteiger partial charge on any atom is 0.229 e. The van der Waals surface area contributed by atoms with Gasteiger partial charge in [-0.1, -0.05) is 18.2 Å². The Hall–Kier alpha value is -2.34. The summed E-state index contributed by atoms with van der Waals surface area (Å²) in [5.41, 5.74) is 2.42. The maximum atomic E-state index is 5.46. The number of para-hydroxylation sites is 1. The molecule has 1 aromatic carbocycles. The molecule has 0 radical (unpaired) electrons. The van der Waals surface area contributed by atoms with Gasteiger partial charge in [0.1, 0.15) is 11.6 Å². The number of hydrogen-bond acceptors (Lipinski definition) is 6. The van der Waals surface area contributed by atoms with Gasteiger partial charge in [-0.2, -0.15) is 9.97 Å². The summed E-state index contributed by atoms with van der Waals surface area (Å²) in [5.74, 6) is 2.88. The number of morpholine rings is 1. The third-order valence-electron chi connectivity index (χ3n) is 4.58. The van der Waals surface area contributed by atoms with E-state index in [4.69, 9.17) is 14.7 Å². The fourth-order valence-corrected chi connectivity index (χ4v) is 3.36. The summed E-state index contributed by atoms with van der Waals surface area (Å²) in [6.07, 6.45) is 0.973. The van der Waals surface area contributed by atoms with E-state index in [2.05, 4.69) is 53.1 Å². The van der Waals surface area contributed by atoms with Gasteiger partial charge in [0, 0.05) is 45.0 Å². The molecule has 0 bridgehead atoms. The number of anilines is 4. The molecule has 4 rings (SSSR count). The highest BCUT2D eigenvalue weighted by Crippen LogP contribution is 2.38. The van der Waals surface area contributed by atoms with Gasteiger partial charge in [-0.05, 0) is 18.6 Å². The predicted octanol–water partition coefficient (Wildman–Crippen LogP) is 2.07. The number of hydrogen-bond donors (Lipinski definition) is 0. The summed E-state index contributed by atoms with van der Waals surface area (Å²) in [6, 6.07) is 10.5. The Kier molecular flexibility index (Phi) is 3.98. The molecule has 0 aliphatic carbocycles. The zero-order valence-corrected chi connectivity index (χ0v) is 14.3. The third kappa shape index (κ3) is 2.67. The lowest BCUT2D eigenvalue weighted by Gasteiger charge is -2.29. The number of benzene rings is 1. The second-order valence-corrected chi connectivity index (χ2v) is 6.38. The van der Waals surface area contributed by atoms with Gasteiger partial charge in [-0.25, -0.2) is 0 Å². The summed E-state index contributed by atoms with van der Waals surface area (Å²) in [5, 5.41) is 0. The van der Waals surface area contributed by atoms with Crippen molar-refractivity contribution in [3.05, 3.63) is 35.9 Å². The first-order valence-electron chi connectivity index (χ1n) is 8.47. The second-order valence-electron chi connectivity index (χ2n) is 6.38. The Morgan fingerprint density at radius 1 is 1.00 bits per heavy atom. The van der Waals surface area contributed by atoms with E-state index in [1.165, 1.54) is 11.3 Å². The fraction of sp³-hybridized carbons (Fsp3) is 0.444. The molecule has 6 nitrogen and oxygen atoms in total. The number of aromatic nitrogens is 2. The SMILES string of the molecule is CN(C)c1nc(N2CCOCC2)nc2c1CCN2c1ccccc1. The van der Waals surface area contributed by atoms with E-state index in [0.29, 0.717) is 0 Å². The average Bonchev–Trinajstić information content (AvgIpc) is 3.06. The van der Waals surface area contributed by atoms with Crippen molar-refractivity contribution in [3.8, 4) is 0 Å². The average molecular weight is 325 g/mol. The second kappa shape index (κ2) is 6.28. The molecule has 1 saturated heterocycles. The van der Waals surface area contributed by atoms with Crippen LogP contribution in [0.15, 0.2) is 30.3 Å². The van der Waals surface area contributed by atoms with E-state index in [-0.39, 0.29) is 0 Å². The first-order valence-corrected chi connectivity index (χ1v) is 8.47. The van der Waals surface area contributed by atoms with Crippen LogP contribution in [0.4, 0.5) is 23.3 Å². The van der Waals surface area contributed by atoms with Gasteiger partial charge in [-0.15, -0.1) is 0 Å². The largest absolute Gasteiger partial charge is 0.378 e. The quantitative estimate of drug-likeness (QED) is 0.861. The first kappa shape index (κ1) is 15.2. The topological polar surface area (TPSA) is 44.7 Å². The summed E-state index contributed by atoms with van der Waals surface area (Å²) in [4.78, 5) is 16.4. The van der Waals surface area contributed by atoms with Crippen LogP contribution in [0, 0.1) is 0 Å². The van der Waals surface area contributed by atoms with E-state index in [9.17, 15) is 0 Å². The van der Waals surface area contributed by atoms with E-state index in [1.54, 1.807) is 0 Å². The molecule has 0 spiro atoms. The van der Waals surface area contributed by atoms with Crippen LogP contribution >= 0.6 is 0 Å². The van der Waals surface area contributed by atoms with Crippen LogP contribution in [-0.2, 0) is 11.2 Å². The Morgan fingerprint density at radius 3 is 2.46 bits per heavy atom. The van der Waals surface area contributed by atoms with Crippen molar-refractivity contribution in [3.63, 3.8) is 0 Å². The van der Waals surface area contributed by atoms with Crippen LogP contribution < -0.4 is 14.7 Å². The number of ether oxygens (including phenoxy) is 1. The van der Waals surface area contributed by atoms with E-state index in [1.807, 2.05) is 6.07 Å². The van der Waals surface area contributed by atoms with Gasteiger partial charge in [0.25, 0.3) is 0 Å². The zero-order valence-electron chi connectivity index (χ0n) is 14.3. The molecule has 3 heterocycles. The highest BCUT2D eigenvalue weighted by molar-refractivity contribution is 5.73. The highest BCUT2D eigenvalue weighted by Gasteiger charge is 2.29. The molecule has 0 N–H and O–H groups in total. The zero-order chi connectivity index (χ0) is 16.5. The van der Waals surface area contributed by atoms with Gasteiger partial charge >= 0.3 is 0 Å². The number of rotatable bonds is 3. The molecule has 2 aliphatic rings. The molecule has 0 atom stereocenters. The van der Waals surface area contributed by atoms with Crippen molar-refractivity contribution < 1.29 is 4.74 Å². The summed E-state index contributed by atoms with van der Waals surface area (Å²) in [7, 11) is 4.10. The van der Waals surface area contributed by atoms with Crippen molar-refractivity contribution in [2.75, 3.05) is 61.6 Å². The molecule has 0 amide bonds. The molecule has 0 saturated carbocycles. The van der Waals surface area contributed by atoms with Crippen LogP contribution in [0.5, 0.6) is 0 Å². The Balaban J connectivity index is 1.78. The monoisotopic (exact) mass is 325 g/mol. The minimum Gasteiger partial charge on any atom is -0.378 e. The van der Waals surface area contributed by atoms with Crippen molar-refractivity contribution in [1.29, 1.82) is 0 Å². The lowest BCUT2D eigenvalue weighted by atomic mass is 10.2. The Morgan fingerprint density at radius 2 is 1.75 bits per heavy atom. The summed E-state index contributed by atoms with van der Waals surface area (Å²) in [6.45, 7) is 4.11. The normalized spacial score (nSPS) is 17.1. The Labute approximate surface area is 142 Å². The van der Waals surface area contributed by atoms with Gasteiger partial charge in [0.05, 0.1) is 13.2 Å². The molecule has 126 valence electrons. The maximum absolute atomic E-state index is 5.46. The lowest BCUT2D eigenvalue weighted by molar-refractivity contribution is 0.122. The van der Waals surface area contributed by atoms with Gasteiger partial charge in [-0.3, -0.25) is 0 Å². The summed E-state index contributed by atoms with van der Waals surface area (Å²) < 4.78 is 5.46. The molecular formula is C18H23N5O. The summed E-state index contributed by atoms with van der Waals surface area (Å²) >= 11 is 0. The van der Waals surface area contributed by atoms with Crippen molar-refractivity contribution in [1.82, 2.24) is 9.97 Å². The van der Waals surface area contributed by atoms with Crippen LogP contribution in [0.3, 0.4) is 0 Å². The van der Waals surface area contributed by atoms with Crippen molar-refractivity contribution in [2.45, 2.75) is 6.42 Å². The standard InChI is InChI=1S/C18H23N5O/c1-21(2)16-15-8-9-23(14-6-4-3-5-7-14)17(15)20-18(19-16)22-10-12-24-13-11-22/h3-7H,8-13H2,1-2H3. The highest BCUT2D eigenvalue weighted by atomic mass is 16.5. The minimum absolute atomic E-state index is 0.736.